The fourth-order valence-electron chi connectivity index (χ4n) is 5.80. The number of aromatic nitrogens is 4. The molecule has 2 aromatic heterocycles. The van der Waals surface area contributed by atoms with E-state index in [1.165, 1.54) is 11.6 Å². The van der Waals surface area contributed by atoms with Gasteiger partial charge in [-0.25, -0.2) is 14.4 Å². The van der Waals surface area contributed by atoms with Crippen LogP contribution in [0.1, 0.15) is 48.6 Å². The van der Waals surface area contributed by atoms with E-state index in [-0.39, 0.29) is 48.3 Å². The second kappa shape index (κ2) is 10.9. The van der Waals surface area contributed by atoms with Crippen molar-refractivity contribution < 1.29 is 18.8 Å². The molecule has 1 saturated heterocycles. The van der Waals surface area contributed by atoms with Gasteiger partial charge < -0.3 is 10.2 Å². The van der Waals surface area contributed by atoms with Crippen LogP contribution in [0.5, 0.6) is 0 Å². The van der Waals surface area contributed by atoms with Crippen molar-refractivity contribution in [3.8, 4) is 11.1 Å². The van der Waals surface area contributed by atoms with E-state index in [0.29, 0.717) is 28.7 Å². The Morgan fingerprint density at radius 2 is 1.74 bits per heavy atom. The SMILES string of the molecule is CC(=O)c1nn(CC(=O)N2[C@@H]3C[C@@H]3C[C@H]2C(=O)NC/C(F)=C(\C)c2ccccc2)c2ccc(-c3cnc(C)nc3)cc12. The van der Waals surface area contributed by atoms with Gasteiger partial charge in [0.1, 0.15) is 29.9 Å². The number of Topliss-reactive ketones (excluding diaryl/α,β-unsaturated/α-hetero) is 1. The highest BCUT2D eigenvalue weighted by Crippen LogP contribution is 2.48. The number of carbonyl (C=O) groups excluding carboxylic acids is 3. The van der Waals surface area contributed by atoms with E-state index >= 15 is 0 Å². The lowest BCUT2D eigenvalue weighted by Crippen LogP contribution is -2.49. The lowest BCUT2D eigenvalue weighted by molar-refractivity contribution is -0.140. The Bertz CT molecular complexity index is 1730. The first kappa shape index (κ1) is 27.4. The predicted molar refractivity (Wildman–Crippen MR) is 156 cm³/mol. The predicted octanol–water partition coefficient (Wildman–Crippen LogP) is 4.51. The third kappa shape index (κ3) is 5.20. The van der Waals surface area contributed by atoms with Gasteiger partial charge >= 0.3 is 0 Å². The highest BCUT2D eigenvalue weighted by molar-refractivity contribution is 6.06. The van der Waals surface area contributed by atoms with E-state index in [1.54, 1.807) is 24.2 Å². The molecule has 9 nitrogen and oxygen atoms in total. The summed E-state index contributed by atoms with van der Waals surface area (Å²) in [6, 6.07) is 14.0. The maximum Gasteiger partial charge on any atom is 0.245 e. The molecular formula is C32H31FN6O3. The van der Waals surface area contributed by atoms with Crippen LogP contribution in [0.4, 0.5) is 4.39 Å². The first-order valence-electron chi connectivity index (χ1n) is 14.0. The van der Waals surface area contributed by atoms with Crippen LogP contribution < -0.4 is 5.32 Å². The summed E-state index contributed by atoms with van der Waals surface area (Å²) in [6.07, 6.45) is 4.84. The zero-order valence-corrected chi connectivity index (χ0v) is 23.7. The summed E-state index contributed by atoms with van der Waals surface area (Å²) in [7, 11) is 0. The maximum absolute atomic E-state index is 14.9. The van der Waals surface area contributed by atoms with Crippen molar-refractivity contribution in [3.63, 3.8) is 0 Å². The number of hydrogen-bond donors (Lipinski definition) is 1. The number of amides is 2. The van der Waals surface area contributed by atoms with Crippen LogP contribution in [0.2, 0.25) is 0 Å². The van der Waals surface area contributed by atoms with Crippen LogP contribution in [0.15, 0.2) is 66.8 Å². The molecule has 6 rings (SSSR count). The molecule has 1 aliphatic heterocycles. The van der Waals surface area contributed by atoms with Gasteiger partial charge in [0.25, 0.3) is 0 Å². The second-order valence-electron chi connectivity index (χ2n) is 11.0. The average molecular weight is 567 g/mol. The van der Waals surface area contributed by atoms with Gasteiger partial charge in [-0.05, 0) is 61.4 Å². The topological polar surface area (TPSA) is 110 Å². The number of piperidine rings is 1. The van der Waals surface area contributed by atoms with Gasteiger partial charge in [0.2, 0.25) is 11.8 Å². The second-order valence-corrected chi connectivity index (χ2v) is 11.0. The molecule has 0 radical (unpaired) electrons. The normalized spacial score (nSPS) is 19.8. The van der Waals surface area contributed by atoms with E-state index in [2.05, 4.69) is 20.4 Å². The molecule has 2 amide bonds. The number of hydrogen-bond acceptors (Lipinski definition) is 6. The minimum Gasteiger partial charge on any atom is -0.348 e. The molecule has 3 heterocycles. The van der Waals surface area contributed by atoms with Crippen molar-refractivity contribution in [1.82, 2.24) is 30.0 Å². The molecule has 2 aromatic carbocycles. The summed E-state index contributed by atoms with van der Waals surface area (Å²) < 4.78 is 16.4. The Labute approximate surface area is 242 Å². The number of benzene rings is 2. The summed E-state index contributed by atoms with van der Waals surface area (Å²) in [5, 5.41) is 7.82. The molecule has 0 unspecified atom stereocenters. The van der Waals surface area contributed by atoms with E-state index in [9.17, 15) is 18.8 Å². The molecule has 1 saturated carbocycles. The molecule has 214 valence electrons. The quantitative estimate of drug-likeness (QED) is 0.314. The number of likely N-dealkylation sites (tertiary alicyclic amines) is 1. The number of nitrogens with one attached hydrogen (secondary N) is 1. The molecule has 0 bridgehead atoms. The minimum absolute atomic E-state index is 0.0121. The molecule has 1 aliphatic carbocycles. The number of nitrogens with zero attached hydrogens (tertiary/aromatic N) is 5. The van der Waals surface area contributed by atoms with Crippen molar-refractivity contribution in [2.24, 2.45) is 5.92 Å². The van der Waals surface area contributed by atoms with Crippen LogP contribution in [-0.2, 0) is 16.1 Å². The molecule has 10 heteroatoms. The van der Waals surface area contributed by atoms with Crippen LogP contribution in [0.25, 0.3) is 27.6 Å². The standard InChI is InChI=1S/C32H31FN6O3/c1-18(21-7-5-4-6-8-21)26(33)16-36-32(42)29-13-23-12-28(23)39(29)30(41)17-38-27-10-9-22(24-14-34-20(3)35-15-24)11-25(27)31(37-38)19(2)40/h4-11,14-15,23,28-29H,12-13,16-17H2,1-3H3,(H,36,42)/b26-18-/t23-,28-,29+/m1/s1. The maximum atomic E-state index is 14.9. The number of halogens is 1. The summed E-state index contributed by atoms with van der Waals surface area (Å²) >= 11 is 0. The number of ketones is 1. The van der Waals surface area contributed by atoms with Crippen LogP contribution in [0, 0.1) is 12.8 Å². The summed E-state index contributed by atoms with van der Waals surface area (Å²) in [5.74, 6) is -0.348. The summed E-state index contributed by atoms with van der Waals surface area (Å²) in [5.41, 5.74) is 3.75. The number of aryl methyl sites for hydroxylation is 1. The number of carbonyl (C=O) groups is 3. The van der Waals surface area contributed by atoms with Gasteiger partial charge in [0.05, 0.1) is 12.1 Å². The van der Waals surface area contributed by atoms with Gasteiger partial charge in [0.15, 0.2) is 5.78 Å². The van der Waals surface area contributed by atoms with Crippen molar-refractivity contribution in [3.05, 3.63) is 83.8 Å². The van der Waals surface area contributed by atoms with Crippen molar-refractivity contribution in [1.29, 1.82) is 0 Å². The van der Waals surface area contributed by atoms with E-state index in [0.717, 1.165) is 23.1 Å². The van der Waals surface area contributed by atoms with Crippen LogP contribution >= 0.6 is 0 Å². The molecule has 2 aliphatic rings. The van der Waals surface area contributed by atoms with Crippen molar-refractivity contribution >= 4 is 34.1 Å². The lowest BCUT2D eigenvalue weighted by Gasteiger charge is -2.27. The fourth-order valence-corrected chi connectivity index (χ4v) is 5.80. The minimum atomic E-state index is -0.673. The van der Waals surface area contributed by atoms with Gasteiger partial charge in [0, 0.05) is 36.3 Å². The number of rotatable bonds is 8. The summed E-state index contributed by atoms with van der Waals surface area (Å²) in [4.78, 5) is 49.4. The Balaban J connectivity index is 1.20. The highest BCUT2D eigenvalue weighted by Gasteiger charge is 2.56. The van der Waals surface area contributed by atoms with Gasteiger partial charge in [-0.15, -0.1) is 0 Å². The Kier molecular flexibility index (Phi) is 7.14. The number of fused-ring (bicyclic) bond motifs is 2. The third-order valence-electron chi connectivity index (χ3n) is 8.21. The van der Waals surface area contributed by atoms with Gasteiger partial charge in [-0.2, -0.15) is 5.10 Å². The largest absolute Gasteiger partial charge is 0.348 e. The lowest BCUT2D eigenvalue weighted by atomic mass is 10.0. The highest BCUT2D eigenvalue weighted by atomic mass is 19.1. The third-order valence-corrected chi connectivity index (χ3v) is 8.21. The first-order chi connectivity index (χ1) is 20.2. The zero-order valence-electron chi connectivity index (χ0n) is 23.7. The molecular weight excluding hydrogens is 535 g/mol. The summed E-state index contributed by atoms with van der Waals surface area (Å²) in [6.45, 7) is 4.57. The van der Waals surface area contributed by atoms with Crippen molar-refractivity contribution in [2.45, 2.75) is 52.2 Å². The molecule has 2 fully saturated rings. The van der Waals surface area contributed by atoms with E-state index < -0.39 is 11.9 Å². The van der Waals surface area contributed by atoms with Crippen molar-refractivity contribution in [2.75, 3.05) is 6.54 Å². The molecule has 0 spiro atoms. The monoisotopic (exact) mass is 566 g/mol. The fraction of sp³-hybridized carbons (Fsp3) is 0.312. The first-order valence-corrected chi connectivity index (χ1v) is 14.0. The number of allylic oxidation sites excluding steroid dienone is 1. The Morgan fingerprint density at radius 1 is 1.00 bits per heavy atom. The molecule has 1 N–H and O–H groups in total. The smallest absolute Gasteiger partial charge is 0.245 e. The van der Waals surface area contributed by atoms with Gasteiger partial charge in [-0.1, -0.05) is 36.4 Å². The zero-order chi connectivity index (χ0) is 29.5. The van der Waals surface area contributed by atoms with Crippen LogP contribution in [0.3, 0.4) is 0 Å². The Hall–Kier alpha value is -4.73. The molecule has 4 aromatic rings. The molecule has 42 heavy (non-hydrogen) atoms. The Morgan fingerprint density at radius 3 is 2.45 bits per heavy atom. The van der Waals surface area contributed by atoms with E-state index in [4.69, 9.17) is 0 Å². The van der Waals surface area contributed by atoms with E-state index in [1.807, 2.05) is 55.5 Å². The average Bonchev–Trinajstić information content (AvgIpc) is 3.50. The molecule has 3 atom stereocenters. The van der Waals surface area contributed by atoms with Gasteiger partial charge in [-0.3, -0.25) is 19.1 Å². The van der Waals surface area contributed by atoms with Crippen LogP contribution in [-0.4, -0.2) is 60.9 Å².